The summed E-state index contributed by atoms with van der Waals surface area (Å²) >= 11 is 0. The molecule has 1 aliphatic rings. The molecular formula is C9H12N2O6. The predicted molar refractivity (Wildman–Crippen MR) is 54.4 cm³/mol. The van der Waals surface area contributed by atoms with Gasteiger partial charge < -0.3 is 25.0 Å². The fraction of sp³-hybridized carbons (Fsp3) is 0.556. The third kappa shape index (κ3) is 2.03. The Balaban J connectivity index is 2.35. The zero-order valence-corrected chi connectivity index (χ0v) is 8.66. The summed E-state index contributed by atoms with van der Waals surface area (Å²) < 4.78 is 5.15. The van der Waals surface area contributed by atoms with Gasteiger partial charge in [0, 0.05) is 6.20 Å². The molecule has 17 heavy (non-hydrogen) atoms. The van der Waals surface area contributed by atoms with Crippen molar-refractivity contribution < 1.29 is 20.1 Å². The van der Waals surface area contributed by atoms with Crippen LogP contribution in [0.2, 0.25) is 0 Å². The van der Waals surface area contributed by atoms with Gasteiger partial charge >= 0.3 is 5.69 Å². The van der Waals surface area contributed by atoms with Gasteiger partial charge in [-0.1, -0.05) is 0 Å². The van der Waals surface area contributed by atoms with Gasteiger partial charge in [0.15, 0.2) is 0 Å². The van der Waals surface area contributed by atoms with Gasteiger partial charge in [0.05, 0.1) is 12.2 Å². The molecule has 8 nitrogen and oxygen atoms in total. The van der Waals surface area contributed by atoms with E-state index in [9.17, 15) is 19.8 Å². The molecule has 8 heteroatoms. The van der Waals surface area contributed by atoms with Gasteiger partial charge in [-0.05, 0) is 0 Å². The highest BCUT2D eigenvalue weighted by Gasteiger charge is 2.44. The number of ether oxygens (including phenoxy) is 1. The van der Waals surface area contributed by atoms with Crippen molar-refractivity contribution >= 4 is 0 Å². The van der Waals surface area contributed by atoms with E-state index in [0.717, 1.165) is 6.20 Å². The molecule has 1 unspecified atom stereocenters. The summed E-state index contributed by atoms with van der Waals surface area (Å²) in [6, 6.07) is 0. The third-order valence-corrected chi connectivity index (χ3v) is 2.70. The molecule has 0 saturated carbocycles. The van der Waals surface area contributed by atoms with Crippen LogP contribution in [0.3, 0.4) is 0 Å². The van der Waals surface area contributed by atoms with Crippen molar-refractivity contribution in [2.24, 2.45) is 0 Å². The van der Waals surface area contributed by atoms with Gasteiger partial charge in [0.2, 0.25) is 0 Å². The van der Waals surface area contributed by atoms with E-state index >= 15 is 0 Å². The quantitative estimate of drug-likeness (QED) is 0.382. The summed E-state index contributed by atoms with van der Waals surface area (Å²) in [6.07, 6.45) is -3.54. The Bertz CT molecular complexity index is 509. The Morgan fingerprint density at radius 1 is 1.29 bits per heavy atom. The lowest BCUT2D eigenvalue weighted by Crippen LogP contribution is -2.34. The molecule has 1 aliphatic heterocycles. The Morgan fingerprint density at radius 3 is 2.53 bits per heavy atom. The summed E-state index contributed by atoms with van der Waals surface area (Å²) in [5.41, 5.74) is -1.39. The highest BCUT2D eigenvalue weighted by atomic mass is 16.6. The van der Waals surface area contributed by atoms with Crippen molar-refractivity contribution in [1.82, 2.24) is 9.97 Å². The second-order valence-corrected chi connectivity index (χ2v) is 3.79. The number of hydrogen-bond donors (Lipinski definition) is 5. The monoisotopic (exact) mass is 244 g/mol. The largest absolute Gasteiger partial charge is 0.394 e. The van der Waals surface area contributed by atoms with Crippen molar-refractivity contribution in [3.8, 4) is 0 Å². The molecule has 0 aliphatic carbocycles. The van der Waals surface area contributed by atoms with Crippen LogP contribution in [-0.2, 0) is 4.74 Å². The maximum atomic E-state index is 11.5. The number of aliphatic hydroxyl groups excluding tert-OH is 3. The zero-order valence-electron chi connectivity index (χ0n) is 8.66. The van der Waals surface area contributed by atoms with E-state index in [4.69, 9.17) is 9.84 Å². The molecule has 0 radical (unpaired) electrons. The summed E-state index contributed by atoms with van der Waals surface area (Å²) in [5.74, 6) is 0. The van der Waals surface area contributed by atoms with Crippen LogP contribution >= 0.6 is 0 Å². The molecule has 0 spiro atoms. The molecule has 5 N–H and O–H groups in total. The van der Waals surface area contributed by atoms with Gasteiger partial charge in [-0.15, -0.1) is 0 Å². The first-order chi connectivity index (χ1) is 8.04. The summed E-state index contributed by atoms with van der Waals surface area (Å²) in [5, 5.41) is 28.1. The molecule has 2 heterocycles. The number of rotatable bonds is 2. The van der Waals surface area contributed by atoms with Gasteiger partial charge in [-0.25, -0.2) is 4.79 Å². The highest BCUT2D eigenvalue weighted by molar-refractivity contribution is 5.13. The molecule has 0 bridgehead atoms. The van der Waals surface area contributed by atoms with E-state index in [1.807, 2.05) is 4.98 Å². The van der Waals surface area contributed by atoms with E-state index in [1.165, 1.54) is 0 Å². The van der Waals surface area contributed by atoms with Crippen LogP contribution in [0.1, 0.15) is 11.7 Å². The molecule has 94 valence electrons. The number of H-pyrrole nitrogens is 2. The topological polar surface area (TPSA) is 136 Å². The Hall–Kier alpha value is -1.48. The lowest BCUT2D eigenvalue weighted by molar-refractivity contribution is -0.0232. The van der Waals surface area contributed by atoms with E-state index in [1.54, 1.807) is 0 Å². The highest BCUT2D eigenvalue weighted by Crippen LogP contribution is 2.31. The lowest BCUT2D eigenvalue weighted by Gasteiger charge is -2.13. The number of aromatic amines is 2. The summed E-state index contributed by atoms with van der Waals surface area (Å²) in [7, 11) is 0. The lowest BCUT2D eigenvalue weighted by atomic mass is 10.0. The molecular weight excluding hydrogens is 232 g/mol. The van der Waals surface area contributed by atoms with E-state index in [-0.39, 0.29) is 5.56 Å². The second kappa shape index (κ2) is 4.41. The zero-order chi connectivity index (χ0) is 12.6. The SMILES string of the molecule is O=c1[nH]cc(C2O[C@@H](CO)[C@H](O)[C@H]2O)c(=O)[nH]1. The summed E-state index contributed by atoms with van der Waals surface area (Å²) in [4.78, 5) is 26.5. The predicted octanol–water partition coefficient (Wildman–Crippen LogP) is -2.78. The van der Waals surface area contributed by atoms with Crippen molar-refractivity contribution in [1.29, 1.82) is 0 Å². The van der Waals surface area contributed by atoms with Crippen LogP contribution in [0.4, 0.5) is 0 Å². The van der Waals surface area contributed by atoms with Crippen LogP contribution in [0.25, 0.3) is 0 Å². The first kappa shape index (κ1) is 12.0. The fourth-order valence-electron chi connectivity index (χ4n) is 1.79. The Labute approximate surface area is 94.5 Å². The molecule has 0 aromatic carbocycles. The molecule has 1 aromatic rings. The first-order valence-electron chi connectivity index (χ1n) is 4.99. The maximum absolute atomic E-state index is 11.5. The third-order valence-electron chi connectivity index (χ3n) is 2.70. The minimum Gasteiger partial charge on any atom is -0.394 e. The number of hydrogen-bond acceptors (Lipinski definition) is 6. The fourth-order valence-corrected chi connectivity index (χ4v) is 1.79. The molecule has 1 aromatic heterocycles. The smallest absolute Gasteiger partial charge is 0.325 e. The summed E-state index contributed by atoms with van der Waals surface area (Å²) in [6.45, 7) is -0.476. The molecule has 4 atom stereocenters. The van der Waals surface area contributed by atoms with Crippen LogP contribution in [0, 0.1) is 0 Å². The molecule has 1 fully saturated rings. The van der Waals surface area contributed by atoms with E-state index in [2.05, 4.69) is 4.98 Å². The van der Waals surface area contributed by atoms with Gasteiger partial charge in [0.25, 0.3) is 5.56 Å². The van der Waals surface area contributed by atoms with Gasteiger partial charge in [-0.2, -0.15) is 0 Å². The van der Waals surface area contributed by atoms with Gasteiger partial charge in [0.1, 0.15) is 24.4 Å². The van der Waals surface area contributed by atoms with Gasteiger partial charge in [-0.3, -0.25) is 9.78 Å². The maximum Gasteiger partial charge on any atom is 0.325 e. The molecule has 2 rings (SSSR count). The van der Waals surface area contributed by atoms with E-state index < -0.39 is 42.3 Å². The minimum atomic E-state index is -1.33. The number of aliphatic hydroxyl groups is 3. The molecule has 1 saturated heterocycles. The average molecular weight is 244 g/mol. The molecule has 0 amide bonds. The second-order valence-electron chi connectivity index (χ2n) is 3.79. The van der Waals surface area contributed by atoms with Crippen LogP contribution in [0.5, 0.6) is 0 Å². The Kier molecular flexibility index (Phi) is 3.11. The van der Waals surface area contributed by atoms with Crippen molar-refractivity contribution in [2.45, 2.75) is 24.4 Å². The van der Waals surface area contributed by atoms with Crippen LogP contribution < -0.4 is 11.2 Å². The van der Waals surface area contributed by atoms with E-state index in [0.29, 0.717) is 0 Å². The number of nitrogens with one attached hydrogen (secondary N) is 2. The minimum absolute atomic E-state index is 0.00731. The van der Waals surface area contributed by atoms with Crippen LogP contribution in [-0.4, -0.2) is 50.2 Å². The first-order valence-corrected chi connectivity index (χ1v) is 4.99. The number of aromatic nitrogens is 2. The van der Waals surface area contributed by atoms with Crippen molar-refractivity contribution in [3.05, 3.63) is 32.6 Å². The Morgan fingerprint density at radius 2 is 2.00 bits per heavy atom. The van der Waals surface area contributed by atoms with Crippen molar-refractivity contribution in [3.63, 3.8) is 0 Å². The average Bonchev–Trinajstić information content (AvgIpc) is 2.57. The standard InChI is InChI=1S/C9H12N2O6/c12-2-4-5(13)6(14)7(17-4)3-1-10-9(16)11-8(3)15/h1,4-7,12-14H,2H2,(H2,10,11,15,16)/t4-,5-,6+,7?/m0/s1. The van der Waals surface area contributed by atoms with Crippen LogP contribution in [0.15, 0.2) is 15.8 Å². The normalized spacial score (nSPS) is 32.9. The van der Waals surface area contributed by atoms with Crippen molar-refractivity contribution in [2.75, 3.05) is 6.61 Å².